The average Bonchev–Trinajstić information content (AvgIpc) is 2.71. The number of piperidine rings is 1. The number of fused-ring (bicyclic) bond motifs is 1. The zero-order valence-corrected chi connectivity index (χ0v) is 19.5. The van der Waals surface area contributed by atoms with Crippen molar-refractivity contribution < 1.29 is 14.4 Å². The minimum Gasteiger partial charge on any atom is -0.344 e. The highest BCUT2D eigenvalue weighted by Crippen LogP contribution is 2.35. The highest BCUT2D eigenvalue weighted by Gasteiger charge is 2.36. The molecule has 1 saturated heterocycles. The Morgan fingerprint density at radius 1 is 1.17 bits per heavy atom. The van der Waals surface area contributed by atoms with Crippen molar-refractivity contribution >= 4 is 61.0 Å². The number of anilines is 2. The molecule has 0 saturated carbocycles. The van der Waals surface area contributed by atoms with Crippen LogP contribution in [0.25, 0.3) is 0 Å². The predicted octanol–water partition coefficient (Wildman–Crippen LogP) is 4.26. The summed E-state index contributed by atoms with van der Waals surface area (Å²) in [6.45, 7) is 2.60. The number of amides is 3. The van der Waals surface area contributed by atoms with Gasteiger partial charge in [0.2, 0.25) is 17.7 Å². The van der Waals surface area contributed by atoms with Crippen LogP contribution in [0, 0.1) is 6.92 Å². The normalized spacial score (nSPS) is 21.1. The molecule has 0 radical (unpaired) electrons. The fourth-order valence-electron chi connectivity index (χ4n) is 4.00. The Morgan fingerprint density at radius 3 is 2.73 bits per heavy atom. The summed E-state index contributed by atoms with van der Waals surface area (Å²) in [5.74, 6) is -1.24. The van der Waals surface area contributed by atoms with Gasteiger partial charge in [0.1, 0.15) is 6.04 Å². The predicted molar refractivity (Wildman–Crippen MR) is 123 cm³/mol. The molecule has 4 rings (SSSR count). The highest BCUT2D eigenvalue weighted by atomic mass is 79.9. The molecular weight excluding hydrogens is 514 g/mol. The monoisotopic (exact) mass is 533 g/mol. The fraction of sp³-hybridized carbons (Fsp3) is 0.318. The third-order valence-electron chi connectivity index (χ3n) is 5.58. The molecule has 2 aliphatic heterocycles. The lowest BCUT2D eigenvalue weighted by Gasteiger charge is -2.34. The lowest BCUT2D eigenvalue weighted by atomic mass is 9.89. The molecule has 0 spiro atoms. The van der Waals surface area contributed by atoms with Gasteiger partial charge in [0.25, 0.3) is 0 Å². The van der Waals surface area contributed by atoms with Crippen LogP contribution in [0.1, 0.15) is 36.3 Å². The van der Waals surface area contributed by atoms with E-state index in [9.17, 15) is 14.4 Å². The van der Waals surface area contributed by atoms with Crippen molar-refractivity contribution in [1.82, 2.24) is 5.32 Å². The minimum absolute atomic E-state index is 0.0613. The van der Waals surface area contributed by atoms with Crippen molar-refractivity contribution in [2.24, 2.45) is 0 Å². The van der Waals surface area contributed by atoms with E-state index in [-0.39, 0.29) is 24.1 Å². The molecule has 2 heterocycles. The number of hydrogen-bond acceptors (Lipinski definition) is 3. The summed E-state index contributed by atoms with van der Waals surface area (Å²) < 4.78 is 1.82. The highest BCUT2D eigenvalue weighted by molar-refractivity contribution is 9.10. The molecule has 0 bridgehead atoms. The third-order valence-corrected chi connectivity index (χ3v) is 6.96. The third kappa shape index (κ3) is 4.16. The lowest BCUT2D eigenvalue weighted by Crippen LogP contribution is -2.53. The Hall–Kier alpha value is -2.19. The van der Waals surface area contributed by atoms with Gasteiger partial charge in [-0.15, -0.1) is 0 Å². The van der Waals surface area contributed by atoms with E-state index < -0.39 is 12.0 Å². The molecule has 2 aliphatic rings. The Bertz CT molecular complexity index is 1040. The number of halogens is 2. The maximum Gasteiger partial charge on any atom is 0.249 e. The molecule has 0 aromatic heterocycles. The van der Waals surface area contributed by atoms with E-state index >= 15 is 0 Å². The number of benzene rings is 2. The molecule has 2 unspecified atom stereocenters. The standard InChI is InChI=1S/C22H21Br2N3O3/c1-12-9-14(5-6-17(12)24)27-8-2-3-19(22(27)30)26-21(29)16-11-20(28)25-18-7-4-13(23)10-15(16)18/h4-7,9-10,16,19H,2-3,8,11H2,1H3,(H,25,28)(H,26,29). The first-order valence-electron chi connectivity index (χ1n) is 9.80. The van der Waals surface area contributed by atoms with Crippen molar-refractivity contribution in [2.75, 3.05) is 16.8 Å². The number of aryl methyl sites for hydroxylation is 1. The average molecular weight is 535 g/mol. The summed E-state index contributed by atoms with van der Waals surface area (Å²) in [6.07, 6.45) is 1.44. The first-order chi connectivity index (χ1) is 14.3. The maximum absolute atomic E-state index is 13.1. The number of nitrogens with zero attached hydrogens (tertiary/aromatic N) is 1. The molecule has 1 fully saturated rings. The SMILES string of the molecule is Cc1cc(N2CCCC(NC(=O)C3CC(=O)Nc4ccc(Br)cc43)C2=O)ccc1Br. The van der Waals surface area contributed by atoms with Crippen LogP contribution in [0.2, 0.25) is 0 Å². The second-order valence-electron chi connectivity index (χ2n) is 7.66. The van der Waals surface area contributed by atoms with Crippen molar-refractivity contribution in [3.05, 3.63) is 56.5 Å². The first kappa shape index (κ1) is 21.1. The van der Waals surface area contributed by atoms with Crippen molar-refractivity contribution in [3.63, 3.8) is 0 Å². The quantitative estimate of drug-likeness (QED) is 0.617. The van der Waals surface area contributed by atoms with Gasteiger partial charge in [-0.25, -0.2) is 0 Å². The Kier molecular flexibility index (Phi) is 5.97. The van der Waals surface area contributed by atoms with Crippen molar-refractivity contribution in [2.45, 2.75) is 38.1 Å². The second-order valence-corrected chi connectivity index (χ2v) is 9.43. The molecule has 2 aromatic carbocycles. The zero-order chi connectivity index (χ0) is 21.4. The number of hydrogen-bond donors (Lipinski definition) is 2. The van der Waals surface area contributed by atoms with E-state index in [0.29, 0.717) is 18.7 Å². The van der Waals surface area contributed by atoms with E-state index in [2.05, 4.69) is 42.5 Å². The fourth-order valence-corrected chi connectivity index (χ4v) is 4.63. The van der Waals surface area contributed by atoms with Crippen LogP contribution < -0.4 is 15.5 Å². The number of carbonyl (C=O) groups excluding carboxylic acids is 3. The molecule has 0 aliphatic carbocycles. The van der Waals surface area contributed by atoms with E-state index in [1.165, 1.54) is 0 Å². The molecule has 30 heavy (non-hydrogen) atoms. The van der Waals surface area contributed by atoms with Crippen LogP contribution in [-0.4, -0.2) is 30.3 Å². The summed E-state index contributed by atoms with van der Waals surface area (Å²) in [5.41, 5.74) is 3.26. The number of nitrogens with one attached hydrogen (secondary N) is 2. The topological polar surface area (TPSA) is 78.5 Å². The van der Waals surface area contributed by atoms with Gasteiger partial charge in [-0.05, 0) is 67.3 Å². The molecule has 2 atom stereocenters. The van der Waals surface area contributed by atoms with Crippen LogP contribution in [-0.2, 0) is 14.4 Å². The first-order valence-corrected chi connectivity index (χ1v) is 11.4. The van der Waals surface area contributed by atoms with Gasteiger partial charge in [-0.1, -0.05) is 31.9 Å². The summed E-state index contributed by atoms with van der Waals surface area (Å²) in [6, 6.07) is 10.6. The van der Waals surface area contributed by atoms with Crippen molar-refractivity contribution in [3.8, 4) is 0 Å². The smallest absolute Gasteiger partial charge is 0.249 e. The van der Waals surface area contributed by atoms with Gasteiger partial charge in [-0.2, -0.15) is 0 Å². The molecule has 6 nitrogen and oxygen atoms in total. The van der Waals surface area contributed by atoms with Crippen molar-refractivity contribution in [1.29, 1.82) is 0 Å². The molecular formula is C22H21Br2N3O3. The van der Waals surface area contributed by atoms with Gasteiger partial charge in [0, 0.05) is 33.3 Å². The summed E-state index contributed by atoms with van der Waals surface area (Å²) in [7, 11) is 0. The summed E-state index contributed by atoms with van der Waals surface area (Å²) >= 11 is 6.91. The lowest BCUT2D eigenvalue weighted by molar-refractivity contribution is -0.130. The largest absolute Gasteiger partial charge is 0.344 e. The maximum atomic E-state index is 13.1. The van der Waals surface area contributed by atoms with E-state index in [0.717, 1.165) is 32.2 Å². The Labute approximate surface area is 191 Å². The van der Waals surface area contributed by atoms with Crippen LogP contribution in [0.4, 0.5) is 11.4 Å². The Morgan fingerprint density at radius 2 is 1.97 bits per heavy atom. The van der Waals surface area contributed by atoms with Gasteiger partial charge in [0.05, 0.1) is 5.92 Å². The zero-order valence-electron chi connectivity index (χ0n) is 16.4. The van der Waals surface area contributed by atoms with Gasteiger partial charge in [-0.3, -0.25) is 14.4 Å². The van der Waals surface area contributed by atoms with Crippen LogP contribution >= 0.6 is 31.9 Å². The molecule has 3 amide bonds. The van der Waals surface area contributed by atoms with E-state index in [4.69, 9.17) is 0 Å². The van der Waals surface area contributed by atoms with Gasteiger partial charge < -0.3 is 15.5 Å². The molecule has 2 N–H and O–H groups in total. The molecule has 8 heteroatoms. The summed E-state index contributed by atoms with van der Waals surface area (Å²) in [5, 5.41) is 5.71. The Balaban J connectivity index is 1.53. The van der Waals surface area contributed by atoms with E-state index in [1.54, 1.807) is 11.0 Å². The molecule has 2 aromatic rings. The minimum atomic E-state index is -0.621. The molecule has 156 valence electrons. The number of rotatable bonds is 3. The second kappa shape index (κ2) is 8.51. The van der Waals surface area contributed by atoms with Crippen LogP contribution in [0.5, 0.6) is 0 Å². The van der Waals surface area contributed by atoms with E-state index in [1.807, 2.05) is 37.3 Å². The van der Waals surface area contributed by atoms with Crippen LogP contribution in [0.3, 0.4) is 0 Å². The van der Waals surface area contributed by atoms with Gasteiger partial charge >= 0.3 is 0 Å². The van der Waals surface area contributed by atoms with Gasteiger partial charge in [0.15, 0.2) is 0 Å². The van der Waals surface area contributed by atoms with Crippen LogP contribution in [0.15, 0.2) is 45.3 Å². The number of carbonyl (C=O) groups is 3. The summed E-state index contributed by atoms with van der Waals surface area (Å²) in [4.78, 5) is 40.0.